The molecule has 2 heterocycles. The minimum absolute atomic E-state index is 0.140. The second-order valence-corrected chi connectivity index (χ2v) is 6.02. The average molecular weight is 229 g/mol. The standard InChI is InChI=1S/C11H19NO2S/c1-8-4-12(6-10(8)11(13)14)5-9-2-3-15-7-9/h8-10H,2-7H2,1H3,(H,13,14)/t8-,9?,10-/m1/s1. The maximum absolute atomic E-state index is 11.0. The van der Waals surface area contributed by atoms with Crippen LogP contribution in [0.15, 0.2) is 0 Å². The van der Waals surface area contributed by atoms with Gasteiger partial charge in [0.05, 0.1) is 5.92 Å². The first kappa shape index (κ1) is 11.3. The molecule has 2 saturated heterocycles. The first-order chi connectivity index (χ1) is 7.16. The van der Waals surface area contributed by atoms with Gasteiger partial charge in [0, 0.05) is 19.6 Å². The Morgan fingerprint density at radius 2 is 2.33 bits per heavy atom. The number of hydrogen-bond acceptors (Lipinski definition) is 3. The third-order valence-electron chi connectivity index (χ3n) is 3.55. The molecule has 0 aliphatic carbocycles. The van der Waals surface area contributed by atoms with Gasteiger partial charge in [-0.05, 0) is 29.8 Å². The molecule has 0 aromatic heterocycles. The molecule has 0 bridgehead atoms. The Bertz CT molecular complexity index is 241. The van der Waals surface area contributed by atoms with Crippen LogP contribution in [0.2, 0.25) is 0 Å². The third-order valence-corrected chi connectivity index (χ3v) is 4.78. The van der Waals surface area contributed by atoms with E-state index in [0.717, 1.165) is 25.6 Å². The average Bonchev–Trinajstić information content (AvgIpc) is 2.75. The SMILES string of the molecule is C[C@@H]1CN(CC2CCSC2)C[C@H]1C(=O)O. The van der Waals surface area contributed by atoms with Gasteiger partial charge < -0.3 is 10.0 Å². The zero-order valence-electron chi connectivity index (χ0n) is 9.19. The fraction of sp³-hybridized carbons (Fsp3) is 0.909. The van der Waals surface area contributed by atoms with Gasteiger partial charge >= 0.3 is 5.97 Å². The number of rotatable bonds is 3. The van der Waals surface area contributed by atoms with Gasteiger partial charge in [0.15, 0.2) is 0 Å². The summed E-state index contributed by atoms with van der Waals surface area (Å²) >= 11 is 2.03. The summed E-state index contributed by atoms with van der Waals surface area (Å²) in [6.45, 7) is 4.90. The van der Waals surface area contributed by atoms with Crippen LogP contribution in [-0.2, 0) is 4.79 Å². The molecular weight excluding hydrogens is 210 g/mol. The molecule has 1 unspecified atom stereocenters. The number of carboxylic acid groups (broad SMARTS) is 1. The summed E-state index contributed by atoms with van der Waals surface area (Å²) in [6, 6.07) is 0. The van der Waals surface area contributed by atoms with E-state index in [1.807, 2.05) is 11.8 Å². The topological polar surface area (TPSA) is 40.5 Å². The molecule has 1 N–H and O–H groups in total. The van der Waals surface area contributed by atoms with Crippen LogP contribution in [0.4, 0.5) is 0 Å². The van der Waals surface area contributed by atoms with Crippen molar-refractivity contribution in [3.8, 4) is 0 Å². The predicted molar refractivity (Wildman–Crippen MR) is 62.2 cm³/mol. The minimum atomic E-state index is -0.620. The number of hydrogen-bond donors (Lipinski definition) is 1. The zero-order valence-corrected chi connectivity index (χ0v) is 10.0. The van der Waals surface area contributed by atoms with Gasteiger partial charge in [0.25, 0.3) is 0 Å². The van der Waals surface area contributed by atoms with Gasteiger partial charge in [-0.1, -0.05) is 6.92 Å². The number of aliphatic carboxylic acids is 1. The van der Waals surface area contributed by atoms with Crippen molar-refractivity contribution in [3.63, 3.8) is 0 Å². The molecule has 3 nitrogen and oxygen atoms in total. The van der Waals surface area contributed by atoms with Crippen molar-refractivity contribution in [1.82, 2.24) is 4.90 Å². The summed E-state index contributed by atoms with van der Waals surface area (Å²) in [5.41, 5.74) is 0. The summed E-state index contributed by atoms with van der Waals surface area (Å²) in [6.07, 6.45) is 1.31. The molecular formula is C11H19NO2S. The largest absolute Gasteiger partial charge is 0.481 e. The van der Waals surface area contributed by atoms with E-state index in [0.29, 0.717) is 5.92 Å². The van der Waals surface area contributed by atoms with Gasteiger partial charge in [-0.15, -0.1) is 0 Å². The Hall–Kier alpha value is -0.220. The van der Waals surface area contributed by atoms with Crippen LogP contribution >= 0.6 is 11.8 Å². The fourth-order valence-electron chi connectivity index (χ4n) is 2.63. The number of likely N-dealkylation sites (tertiary alicyclic amines) is 1. The van der Waals surface area contributed by atoms with E-state index in [4.69, 9.17) is 5.11 Å². The maximum Gasteiger partial charge on any atom is 0.308 e. The van der Waals surface area contributed by atoms with Gasteiger partial charge in [0.1, 0.15) is 0 Å². The quantitative estimate of drug-likeness (QED) is 0.794. The smallest absolute Gasteiger partial charge is 0.308 e. The molecule has 2 aliphatic heterocycles. The lowest BCUT2D eigenvalue weighted by molar-refractivity contribution is -0.142. The highest BCUT2D eigenvalue weighted by Gasteiger charge is 2.35. The van der Waals surface area contributed by atoms with E-state index in [-0.39, 0.29) is 5.92 Å². The van der Waals surface area contributed by atoms with Crippen LogP contribution in [0.5, 0.6) is 0 Å². The molecule has 0 aromatic carbocycles. The first-order valence-electron chi connectivity index (χ1n) is 5.69. The summed E-state index contributed by atoms with van der Waals surface area (Å²) in [5, 5.41) is 9.03. The molecule has 2 fully saturated rings. The molecule has 3 atom stereocenters. The molecule has 0 amide bonds. The number of thioether (sulfide) groups is 1. The second kappa shape index (κ2) is 4.74. The Morgan fingerprint density at radius 1 is 1.53 bits per heavy atom. The molecule has 0 saturated carbocycles. The molecule has 0 radical (unpaired) electrons. The van der Waals surface area contributed by atoms with Gasteiger partial charge in [-0.25, -0.2) is 0 Å². The second-order valence-electron chi connectivity index (χ2n) is 4.87. The molecule has 86 valence electrons. The highest BCUT2D eigenvalue weighted by molar-refractivity contribution is 7.99. The van der Waals surface area contributed by atoms with E-state index < -0.39 is 5.97 Å². The van der Waals surface area contributed by atoms with Gasteiger partial charge in [0.2, 0.25) is 0 Å². The summed E-state index contributed by atoms with van der Waals surface area (Å²) < 4.78 is 0. The number of carbonyl (C=O) groups is 1. The van der Waals surface area contributed by atoms with Crippen LogP contribution in [-0.4, -0.2) is 47.1 Å². The van der Waals surface area contributed by atoms with Crippen molar-refractivity contribution in [2.24, 2.45) is 17.8 Å². The van der Waals surface area contributed by atoms with Crippen LogP contribution in [0, 0.1) is 17.8 Å². The molecule has 4 heteroatoms. The van der Waals surface area contributed by atoms with Gasteiger partial charge in [-0.3, -0.25) is 4.79 Å². The molecule has 0 spiro atoms. The van der Waals surface area contributed by atoms with E-state index in [9.17, 15) is 4.79 Å². The summed E-state index contributed by atoms with van der Waals surface area (Å²) in [5.74, 6) is 2.91. The van der Waals surface area contributed by atoms with E-state index in [1.165, 1.54) is 17.9 Å². The van der Waals surface area contributed by atoms with E-state index in [1.54, 1.807) is 0 Å². The van der Waals surface area contributed by atoms with E-state index >= 15 is 0 Å². The first-order valence-corrected chi connectivity index (χ1v) is 6.85. The third kappa shape index (κ3) is 2.67. The molecule has 2 aliphatic rings. The number of nitrogens with zero attached hydrogens (tertiary/aromatic N) is 1. The van der Waals surface area contributed by atoms with Crippen molar-refractivity contribution >= 4 is 17.7 Å². The van der Waals surface area contributed by atoms with Crippen molar-refractivity contribution in [2.75, 3.05) is 31.1 Å². The molecule has 0 aromatic rings. The van der Waals surface area contributed by atoms with Gasteiger partial charge in [-0.2, -0.15) is 11.8 Å². The zero-order chi connectivity index (χ0) is 10.8. The van der Waals surface area contributed by atoms with E-state index in [2.05, 4.69) is 11.8 Å². The van der Waals surface area contributed by atoms with Crippen LogP contribution in [0.1, 0.15) is 13.3 Å². The Kier molecular flexibility index (Phi) is 3.57. The predicted octanol–water partition coefficient (Wildman–Crippen LogP) is 1.39. The van der Waals surface area contributed by atoms with Crippen molar-refractivity contribution in [3.05, 3.63) is 0 Å². The monoisotopic (exact) mass is 229 g/mol. The highest BCUT2D eigenvalue weighted by atomic mass is 32.2. The lowest BCUT2D eigenvalue weighted by Crippen LogP contribution is -2.28. The normalized spacial score (nSPS) is 37.3. The molecule has 15 heavy (non-hydrogen) atoms. The maximum atomic E-state index is 11.0. The van der Waals surface area contributed by atoms with Crippen LogP contribution in [0.25, 0.3) is 0 Å². The highest BCUT2D eigenvalue weighted by Crippen LogP contribution is 2.28. The lowest BCUT2D eigenvalue weighted by atomic mass is 9.99. The Labute approximate surface area is 95.2 Å². The fourth-order valence-corrected chi connectivity index (χ4v) is 3.90. The molecule has 2 rings (SSSR count). The Balaban J connectivity index is 1.82. The van der Waals surface area contributed by atoms with Crippen molar-refractivity contribution < 1.29 is 9.90 Å². The van der Waals surface area contributed by atoms with Crippen LogP contribution in [0.3, 0.4) is 0 Å². The Morgan fingerprint density at radius 3 is 2.87 bits per heavy atom. The van der Waals surface area contributed by atoms with Crippen LogP contribution < -0.4 is 0 Å². The number of carboxylic acids is 1. The van der Waals surface area contributed by atoms with Crippen molar-refractivity contribution in [2.45, 2.75) is 13.3 Å². The summed E-state index contributed by atoms with van der Waals surface area (Å²) in [4.78, 5) is 13.3. The summed E-state index contributed by atoms with van der Waals surface area (Å²) in [7, 11) is 0. The lowest BCUT2D eigenvalue weighted by Gasteiger charge is -2.19. The minimum Gasteiger partial charge on any atom is -0.481 e. The van der Waals surface area contributed by atoms with Crippen molar-refractivity contribution in [1.29, 1.82) is 0 Å².